The predicted molar refractivity (Wildman–Crippen MR) is 97.1 cm³/mol. The van der Waals surface area contributed by atoms with Gasteiger partial charge in [0.15, 0.2) is 0 Å². The number of urea groups is 1. The molecule has 0 aliphatic carbocycles. The highest BCUT2D eigenvalue weighted by Gasteiger charge is 2.28. The van der Waals surface area contributed by atoms with Crippen molar-refractivity contribution >= 4 is 6.03 Å². The van der Waals surface area contributed by atoms with Crippen LogP contribution in [-0.2, 0) is 4.74 Å². The van der Waals surface area contributed by atoms with E-state index in [1.165, 1.54) is 5.56 Å². The Kier molecular flexibility index (Phi) is 5.49. The van der Waals surface area contributed by atoms with E-state index < -0.39 is 0 Å². The van der Waals surface area contributed by atoms with Crippen LogP contribution in [0.15, 0.2) is 12.1 Å². The zero-order valence-electron chi connectivity index (χ0n) is 15.6. The highest BCUT2D eigenvalue weighted by Crippen LogP contribution is 2.36. The van der Waals surface area contributed by atoms with E-state index in [0.717, 1.165) is 36.6 Å². The lowest BCUT2D eigenvalue weighted by atomic mass is 10.0. The van der Waals surface area contributed by atoms with Gasteiger partial charge in [-0.15, -0.1) is 0 Å². The van der Waals surface area contributed by atoms with Gasteiger partial charge in [-0.3, -0.25) is 4.90 Å². The van der Waals surface area contributed by atoms with Crippen molar-refractivity contribution in [2.75, 3.05) is 32.9 Å². The molecule has 0 saturated carbocycles. The van der Waals surface area contributed by atoms with Gasteiger partial charge in [0.1, 0.15) is 12.4 Å². The molecule has 3 atom stereocenters. The maximum atomic E-state index is 12.3. The molecule has 0 aromatic heterocycles. The number of nitrogens with zero attached hydrogens (tertiary/aromatic N) is 1. The Balaban J connectivity index is 1.52. The van der Waals surface area contributed by atoms with Crippen molar-refractivity contribution in [3.8, 4) is 5.75 Å². The molecule has 138 valence electrons. The summed E-state index contributed by atoms with van der Waals surface area (Å²) in [6, 6.07) is 4.56. The number of hydrogen-bond acceptors (Lipinski definition) is 4. The average molecular weight is 347 g/mol. The molecule has 6 nitrogen and oxygen atoms in total. The van der Waals surface area contributed by atoms with Gasteiger partial charge in [0.2, 0.25) is 0 Å². The molecule has 3 unspecified atom stereocenters. The number of fused-ring (bicyclic) bond motifs is 1. The number of ether oxygens (including phenoxy) is 2. The van der Waals surface area contributed by atoms with Gasteiger partial charge in [0, 0.05) is 30.7 Å². The SMILES string of the molecule is Cc1ccc2c(c1C)OCC2NC(=O)NCC(C)N1CCOCC1C. The highest BCUT2D eigenvalue weighted by atomic mass is 16.5. The molecule has 6 heteroatoms. The van der Waals surface area contributed by atoms with Gasteiger partial charge in [-0.25, -0.2) is 4.79 Å². The monoisotopic (exact) mass is 347 g/mol. The fourth-order valence-corrected chi connectivity index (χ4v) is 3.61. The van der Waals surface area contributed by atoms with Crippen LogP contribution in [0.4, 0.5) is 4.79 Å². The first kappa shape index (κ1) is 18.0. The third-order valence-corrected chi connectivity index (χ3v) is 5.33. The van der Waals surface area contributed by atoms with Crippen LogP contribution in [0.1, 0.15) is 36.6 Å². The van der Waals surface area contributed by atoms with Gasteiger partial charge in [-0.05, 0) is 38.8 Å². The van der Waals surface area contributed by atoms with Crippen molar-refractivity contribution in [2.24, 2.45) is 0 Å². The van der Waals surface area contributed by atoms with E-state index in [9.17, 15) is 4.79 Å². The summed E-state index contributed by atoms with van der Waals surface area (Å²) in [4.78, 5) is 14.7. The summed E-state index contributed by atoms with van der Waals surface area (Å²) in [5.41, 5.74) is 3.42. The number of aryl methyl sites for hydroxylation is 1. The standard InChI is InChI=1S/C19H29N3O3/c1-12-5-6-16-17(11-25-18(16)15(12)4)21-19(23)20-9-13(2)22-7-8-24-10-14(22)3/h5-6,13-14,17H,7-11H2,1-4H3,(H2,20,21,23). The van der Waals surface area contributed by atoms with Gasteiger partial charge < -0.3 is 20.1 Å². The number of carbonyl (C=O) groups is 1. The molecule has 0 spiro atoms. The van der Waals surface area contributed by atoms with Gasteiger partial charge in [0.05, 0.1) is 19.3 Å². The number of rotatable bonds is 4. The molecule has 1 saturated heterocycles. The molecule has 2 heterocycles. The first-order valence-electron chi connectivity index (χ1n) is 9.08. The number of benzene rings is 1. The quantitative estimate of drug-likeness (QED) is 0.876. The number of nitrogens with one attached hydrogen (secondary N) is 2. The van der Waals surface area contributed by atoms with Crippen LogP contribution in [0.3, 0.4) is 0 Å². The molecule has 0 bridgehead atoms. The summed E-state index contributed by atoms with van der Waals surface area (Å²) >= 11 is 0. The number of amides is 2. The number of carbonyl (C=O) groups excluding carboxylic acids is 1. The molecular weight excluding hydrogens is 318 g/mol. The Morgan fingerprint density at radius 2 is 2.16 bits per heavy atom. The topological polar surface area (TPSA) is 62.8 Å². The fraction of sp³-hybridized carbons (Fsp3) is 0.632. The van der Waals surface area contributed by atoms with E-state index in [-0.39, 0.29) is 18.1 Å². The first-order chi connectivity index (χ1) is 12.0. The third-order valence-electron chi connectivity index (χ3n) is 5.33. The zero-order valence-corrected chi connectivity index (χ0v) is 15.6. The molecule has 1 aromatic rings. The second-order valence-electron chi connectivity index (χ2n) is 7.15. The molecule has 1 aromatic carbocycles. The summed E-state index contributed by atoms with van der Waals surface area (Å²) in [5, 5.41) is 6.03. The van der Waals surface area contributed by atoms with Crippen molar-refractivity contribution < 1.29 is 14.3 Å². The molecular formula is C19H29N3O3. The van der Waals surface area contributed by atoms with Gasteiger partial charge in [-0.1, -0.05) is 12.1 Å². The minimum absolute atomic E-state index is 0.0908. The molecule has 2 aliphatic heterocycles. The lowest BCUT2D eigenvalue weighted by Crippen LogP contribution is -2.53. The molecule has 0 radical (unpaired) electrons. The van der Waals surface area contributed by atoms with Crippen LogP contribution >= 0.6 is 0 Å². The number of morpholine rings is 1. The van der Waals surface area contributed by atoms with Crippen molar-refractivity contribution in [1.29, 1.82) is 0 Å². The third kappa shape index (κ3) is 3.90. The Hall–Kier alpha value is -1.79. The van der Waals surface area contributed by atoms with E-state index in [0.29, 0.717) is 19.2 Å². The van der Waals surface area contributed by atoms with E-state index in [1.54, 1.807) is 0 Å². The minimum Gasteiger partial charge on any atom is -0.490 e. The van der Waals surface area contributed by atoms with Crippen molar-refractivity contribution in [3.63, 3.8) is 0 Å². The van der Waals surface area contributed by atoms with Crippen LogP contribution < -0.4 is 15.4 Å². The lowest BCUT2D eigenvalue weighted by molar-refractivity contribution is -0.0176. The largest absolute Gasteiger partial charge is 0.490 e. The second kappa shape index (κ2) is 7.62. The van der Waals surface area contributed by atoms with Gasteiger partial charge in [-0.2, -0.15) is 0 Å². The van der Waals surface area contributed by atoms with Crippen LogP contribution in [0, 0.1) is 13.8 Å². The van der Waals surface area contributed by atoms with Crippen LogP contribution in [0.5, 0.6) is 5.75 Å². The maximum absolute atomic E-state index is 12.3. The highest BCUT2D eigenvalue weighted by molar-refractivity contribution is 5.75. The summed E-state index contributed by atoms with van der Waals surface area (Å²) in [6.07, 6.45) is 0. The molecule has 25 heavy (non-hydrogen) atoms. The Labute approximate surface area is 149 Å². The van der Waals surface area contributed by atoms with Crippen LogP contribution in [0.2, 0.25) is 0 Å². The van der Waals surface area contributed by atoms with E-state index in [1.807, 2.05) is 6.07 Å². The summed E-state index contributed by atoms with van der Waals surface area (Å²) in [5.74, 6) is 0.917. The zero-order chi connectivity index (χ0) is 18.0. The average Bonchev–Trinajstić information content (AvgIpc) is 3.00. The second-order valence-corrected chi connectivity index (χ2v) is 7.15. The normalized spacial score (nSPS) is 24.3. The summed E-state index contributed by atoms with van der Waals surface area (Å²) in [6.45, 7) is 12.0. The Morgan fingerprint density at radius 3 is 2.92 bits per heavy atom. The van der Waals surface area contributed by atoms with Crippen molar-refractivity contribution in [2.45, 2.75) is 45.8 Å². The molecule has 2 amide bonds. The Morgan fingerprint density at radius 1 is 1.36 bits per heavy atom. The smallest absolute Gasteiger partial charge is 0.315 e. The van der Waals surface area contributed by atoms with Crippen LogP contribution in [0.25, 0.3) is 0 Å². The number of hydrogen-bond donors (Lipinski definition) is 2. The van der Waals surface area contributed by atoms with Crippen molar-refractivity contribution in [1.82, 2.24) is 15.5 Å². The minimum atomic E-state index is -0.146. The van der Waals surface area contributed by atoms with Crippen molar-refractivity contribution in [3.05, 3.63) is 28.8 Å². The van der Waals surface area contributed by atoms with E-state index in [2.05, 4.69) is 49.3 Å². The lowest BCUT2D eigenvalue weighted by Gasteiger charge is -2.37. The van der Waals surface area contributed by atoms with Crippen LogP contribution in [-0.4, -0.2) is 55.9 Å². The summed E-state index contributed by atoms with van der Waals surface area (Å²) < 4.78 is 11.3. The maximum Gasteiger partial charge on any atom is 0.315 e. The van der Waals surface area contributed by atoms with Gasteiger partial charge >= 0.3 is 6.03 Å². The fourth-order valence-electron chi connectivity index (χ4n) is 3.61. The Bertz CT molecular complexity index is 635. The van der Waals surface area contributed by atoms with E-state index in [4.69, 9.17) is 9.47 Å². The molecule has 2 N–H and O–H groups in total. The van der Waals surface area contributed by atoms with Gasteiger partial charge in [0.25, 0.3) is 0 Å². The molecule has 2 aliphatic rings. The predicted octanol–water partition coefficient (Wildman–Crippen LogP) is 2.15. The van der Waals surface area contributed by atoms with E-state index >= 15 is 0 Å². The summed E-state index contributed by atoms with van der Waals surface area (Å²) in [7, 11) is 0. The molecule has 1 fully saturated rings. The first-order valence-corrected chi connectivity index (χ1v) is 9.08. The molecule has 3 rings (SSSR count).